The molecule has 0 unspecified atom stereocenters. The van der Waals surface area contributed by atoms with Gasteiger partial charge in [0.15, 0.2) is 0 Å². The third-order valence-electron chi connectivity index (χ3n) is 3.24. The van der Waals surface area contributed by atoms with Crippen molar-refractivity contribution in [1.29, 1.82) is 0 Å². The van der Waals surface area contributed by atoms with Gasteiger partial charge < -0.3 is 0 Å². The molecule has 0 saturated carbocycles. The van der Waals surface area contributed by atoms with Crippen molar-refractivity contribution in [2.45, 2.75) is 16.7 Å². The molecule has 1 aliphatic heterocycles. The molecule has 0 aromatic heterocycles. The summed E-state index contributed by atoms with van der Waals surface area (Å²) < 4.78 is 0. The van der Waals surface area contributed by atoms with Crippen LogP contribution >= 0.6 is 23.4 Å². The van der Waals surface area contributed by atoms with E-state index in [4.69, 9.17) is 18.0 Å². The Hall–Kier alpha value is -1.62. The van der Waals surface area contributed by atoms with Crippen LogP contribution < -0.4 is 0 Å². The second-order valence-corrected chi connectivity index (χ2v) is 5.90. The Labute approximate surface area is 122 Å². The molecule has 19 heavy (non-hydrogen) atoms. The predicted molar refractivity (Wildman–Crippen MR) is 83.3 cm³/mol. The van der Waals surface area contributed by atoms with Crippen LogP contribution in [0.15, 0.2) is 52.3 Å². The normalized spacial score (nSPS) is 13.3. The Morgan fingerprint density at radius 2 is 1.79 bits per heavy atom. The smallest absolute Gasteiger partial charge is 0.0413 e. The lowest BCUT2D eigenvalue weighted by atomic mass is 9.96. The molecule has 1 heterocycles. The Morgan fingerprint density at radius 1 is 1.05 bits per heavy atom. The maximum Gasteiger partial charge on any atom is 0.0413 e. The van der Waals surface area contributed by atoms with E-state index >= 15 is 0 Å². The van der Waals surface area contributed by atoms with E-state index in [1.165, 1.54) is 10.5 Å². The second kappa shape index (κ2) is 4.81. The maximum absolute atomic E-state index is 6.11. The van der Waals surface area contributed by atoms with Crippen LogP contribution in [0, 0.1) is 12.3 Å². The quantitative estimate of drug-likeness (QED) is 0.586. The van der Waals surface area contributed by atoms with Crippen LogP contribution in [0.2, 0.25) is 5.02 Å². The summed E-state index contributed by atoms with van der Waals surface area (Å²) in [6.07, 6.45) is 5.72. The molecule has 0 spiro atoms. The van der Waals surface area contributed by atoms with Crippen molar-refractivity contribution in [3.05, 3.63) is 58.6 Å². The number of terminal acetylenes is 1. The third-order valence-corrected chi connectivity index (χ3v) is 4.63. The van der Waals surface area contributed by atoms with E-state index in [0.29, 0.717) is 5.02 Å². The Morgan fingerprint density at radius 3 is 2.58 bits per heavy atom. The Kier molecular flexibility index (Phi) is 3.14. The third kappa shape index (κ3) is 2.08. The maximum atomic E-state index is 6.11. The van der Waals surface area contributed by atoms with Crippen molar-refractivity contribution in [3.63, 3.8) is 0 Å². The van der Waals surface area contributed by atoms with Gasteiger partial charge in [0.1, 0.15) is 0 Å². The summed E-state index contributed by atoms with van der Waals surface area (Å²) >= 11 is 7.85. The van der Waals surface area contributed by atoms with Gasteiger partial charge in [-0.05, 0) is 42.3 Å². The van der Waals surface area contributed by atoms with Crippen LogP contribution in [0.1, 0.15) is 18.1 Å². The molecule has 2 aromatic carbocycles. The van der Waals surface area contributed by atoms with E-state index in [1.54, 1.807) is 11.8 Å². The van der Waals surface area contributed by atoms with E-state index in [9.17, 15) is 0 Å². The largest absolute Gasteiger partial charge is 0.115 e. The molecule has 0 nitrogen and oxygen atoms in total. The van der Waals surface area contributed by atoms with Crippen LogP contribution in [-0.4, -0.2) is 0 Å². The zero-order chi connectivity index (χ0) is 13.4. The molecular weight excluding hydrogens is 272 g/mol. The topological polar surface area (TPSA) is 0 Å². The molecule has 0 fully saturated rings. The number of fused-ring (bicyclic) bond motifs is 2. The van der Waals surface area contributed by atoms with Gasteiger partial charge in [-0.25, -0.2) is 0 Å². The lowest BCUT2D eigenvalue weighted by Crippen LogP contribution is -1.87. The molecule has 0 saturated heterocycles. The molecule has 1 aliphatic rings. The van der Waals surface area contributed by atoms with Gasteiger partial charge in [-0.1, -0.05) is 47.5 Å². The summed E-state index contributed by atoms with van der Waals surface area (Å²) in [5.74, 6) is 2.83. The number of allylic oxidation sites excluding steroid dienone is 2. The van der Waals surface area contributed by atoms with Crippen molar-refractivity contribution in [3.8, 4) is 12.3 Å². The molecule has 0 bridgehead atoms. The highest BCUT2D eigenvalue weighted by atomic mass is 35.5. The average Bonchev–Trinajstić information content (AvgIpc) is 2.53. The summed E-state index contributed by atoms with van der Waals surface area (Å²) in [6.45, 7) is 2.07. The fraction of sp³-hybridized carbons (Fsp3) is 0.0588. The minimum atomic E-state index is 0.714. The van der Waals surface area contributed by atoms with Crippen LogP contribution in [0.25, 0.3) is 11.1 Å². The van der Waals surface area contributed by atoms with Gasteiger partial charge in [-0.2, -0.15) is 0 Å². The number of halogens is 1. The standard InChI is InChI=1S/C17H11ClS/c1-3-13-11(2)14-6-4-5-7-16(14)19-17-9-8-12(18)10-15(13)17/h1,4-10H,2H3. The highest BCUT2D eigenvalue weighted by Gasteiger charge is 2.18. The fourth-order valence-electron chi connectivity index (χ4n) is 2.29. The van der Waals surface area contributed by atoms with E-state index in [0.717, 1.165) is 21.6 Å². The van der Waals surface area contributed by atoms with Gasteiger partial charge in [0.25, 0.3) is 0 Å². The monoisotopic (exact) mass is 282 g/mol. The van der Waals surface area contributed by atoms with Gasteiger partial charge >= 0.3 is 0 Å². The highest BCUT2D eigenvalue weighted by molar-refractivity contribution is 7.99. The van der Waals surface area contributed by atoms with Gasteiger partial charge in [0.05, 0.1) is 0 Å². The molecule has 2 heteroatoms. The van der Waals surface area contributed by atoms with Gasteiger partial charge in [-0.3, -0.25) is 0 Å². The highest BCUT2D eigenvalue weighted by Crippen LogP contribution is 2.44. The first-order valence-corrected chi connectivity index (χ1v) is 7.15. The Balaban J connectivity index is 2.37. The predicted octanol–water partition coefficient (Wildman–Crippen LogP) is 5.37. The van der Waals surface area contributed by atoms with Crippen LogP contribution in [0.3, 0.4) is 0 Å². The summed E-state index contributed by atoms with van der Waals surface area (Å²) in [6, 6.07) is 14.2. The Bertz CT molecular complexity index is 735. The first kappa shape index (κ1) is 12.4. The summed E-state index contributed by atoms with van der Waals surface area (Å²) in [5.41, 5.74) is 4.31. The molecule has 0 aliphatic carbocycles. The zero-order valence-electron chi connectivity index (χ0n) is 10.4. The summed E-state index contributed by atoms with van der Waals surface area (Å²) in [7, 11) is 0. The van der Waals surface area contributed by atoms with Crippen LogP contribution in [0.5, 0.6) is 0 Å². The lowest BCUT2D eigenvalue weighted by Gasteiger charge is -2.07. The van der Waals surface area contributed by atoms with Gasteiger partial charge in [0, 0.05) is 26.0 Å². The van der Waals surface area contributed by atoms with Crippen LogP contribution in [0.4, 0.5) is 0 Å². The van der Waals surface area contributed by atoms with Crippen LogP contribution in [-0.2, 0) is 0 Å². The van der Waals surface area contributed by atoms with Crippen molar-refractivity contribution >= 4 is 34.5 Å². The van der Waals surface area contributed by atoms with Gasteiger partial charge in [0.2, 0.25) is 0 Å². The molecule has 0 atom stereocenters. The van der Waals surface area contributed by atoms with Crippen molar-refractivity contribution < 1.29 is 0 Å². The molecular formula is C17H11ClS. The molecule has 0 N–H and O–H groups in total. The first-order chi connectivity index (χ1) is 9.20. The number of rotatable bonds is 0. The molecule has 2 aromatic rings. The fourth-order valence-corrected chi connectivity index (χ4v) is 3.59. The van der Waals surface area contributed by atoms with E-state index in [2.05, 4.69) is 31.0 Å². The summed E-state index contributed by atoms with van der Waals surface area (Å²) in [4.78, 5) is 2.38. The molecule has 3 rings (SSSR count). The van der Waals surface area contributed by atoms with Crippen molar-refractivity contribution in [2.75, 3.05) is 0 Å². The summed E-state index contributed by atoms with van der Waals surface area (Å²) in [5, 5.41) is 0.714. The average molecular weight is 283 g/mol. The molecule has 92 valence electrons. The van der Waals surface area contributed by atoms with Crippen molar-refractivity contribution in [2.24, 2.45) is 0 Å². The SMILES string of the molecule is C#CC1=C(C)c2ccccc2Sc2ccc(Cl)cc21. The van der Waals surface area contributed by atoms with E-state index in [1.807, 2.05) is 24.3 Å². The number of hydrogen-bond acceptors (Lipinski definition) is 1. The van der Waals surface area contributed by atoms with Crippen molar-refractivity contribution in [1.82, 2.24) is 0 Å². The lowest BCUT2D eigenvalue weighted by molar-refractivity contribution is 1.37. The molecule has 0 amide bonds. The van der Waals surface area contributed by atoms with Gasteiger partial charge in [-0.15, -0.1) is 6.42 Å². The molecule has 0 radical (unpaired) electrons. The minimum Gasteiger partial charge on any atom is -0.115 e. The minimum absolute atomic E-state index is 0.714. The second-order valence-electron chi connectivity index (χ2n) is 4.38. The van der Waals surface area contributed by atoms with E-state index in [-0.39, 0.29) is 0 Å². The number of hydrogen-bond donors (Lipinski definition) is 0. The first-order valence-electron chi connectivity index (χ1n) is 5.95. The number of benzene rings is 2. The van der Waals surface area contributed by atoms with E-state index < -0.39 is 0 Å². The zero-order valence-corrected chi connectivity index (χ0v) is 12.0.